The molecular formula is C21H30FNO3S. The van der Waals surface area contributed by atoms with Gasteiger partial charge in [-0.3, -0.25) is 0 Å². The van der Waals surface area contributed by atoms with E-state index in [2.05, 4.69) is 4.72 Å². The number of rotatable bonds is 10. The molecule has 4 nitrogen and oxygen atoms in total. The molecule has 27 heavy (non-hydrogen) atoms. The van der Waals surface area contributed by atoms with Gasteiger partial charge in [0.2, 0.25) is 10.0 Å². The third-order valence-corrected chi connectivity index (χ3v) is 6.96. The molecule has 150 valence electrons. The summed E-state index contributed by atoms with van der Waals surface area (Å²) in [6, 6.07) is 4.73. The lowest BCUT2D eigenvalue weighted by Gasteiger charge is -2.19. The molecule has 0 heterocycles. The average molecular weight is 396 g/mol. The number of nitrogens with one attached hydrogen (secondary N) is 1. The topological polar surface area (TPSA) is 55.4 Å². The highest BCUT2D eigenvalue weighted by atomic mass is 32.2. The maximum Gasteiger partial charge on any atom is 0.212 e. The van der Waals surface area contributed by atoms with Crippen LogP contribution in [-0.2, 0) is 15.6 Å². The Bertz CT molecular complexity index is 766. The van der Waals surface area contributed by atoms with E-state index in [1.807, 2.05) is 19.1 Å². The van der Waals surface area contributed by atoms with Crippen molar-refractivity contribution in [3.63, 3.8) is 0 Å². The van der Waals surface area contributed by atoms with Crippen LogP contribution in [-0.4, -0.2) is 20.8 Å². The van der Waals surface area contributed by atoms with Crippen molar-refractivity contribution in [1.29, 1.82) is 0 Å². The normalized spacial score (nSPS) is 19.6. The van der Waals surface area contributed by atoms with Crippen LogP contribution in [0.3, 0.4) is 0 Å². The molecule has 2 saturated carbocycles. The van der Waals surface area contributed by atoms with Gasteiger partial charge in [0, 0.05) is 0 Å². The molecular weight excluding hydrogens is 365 g/mol. The van der Waals surface area contributed by atoms with Gasteiger partial charge in [-0.1, -0.05) is 38.0 Å². The molecule has 6 heteroatoms. The second kappa shape index (κ2) is 8.74. The summed E-state index contributed by atoms with van der Waals surface area (Å²) in [4.78, 5) is 0. The van der Waals surface area contributed by atoms with Gasteiger partial charge in [-0.2, -0.15) is 0 Å². The molecule has 0 spiro atoms. The molecule has 0 aliphatic heterocycles. The molecule has 0 saturated heterocycles. The lowest BCUT2D eigenvalue weighted by molar-refractivity contribution is 0.241. The minimum Gasteiger partial charge on any atom is -0.490 e. The Balaban J connectivity index is 1.65. The molecule has 0 bridgehead atoms. The Labute approximate surface area is 162 Å². The zero-order chi connectivity index (χ0) is 19.3. The predicted octanol–water partition coefficient (Wildman–Crippen LogP) is 4.66. The summed E-state index contributed by atoms with van der Waals surface area (Å²) in [5, 5.41) is 0. The largest absolute Gasteiger partial charge is 0.490 e. The first-order valence-corrected chi connectivity index (χ1v) is 11.7. The van der Waals surface area contributed by atoms with Crippen molar-refractivity contribution in [1.82, 2.24) is 4.72 Å². The van der Waals surface area contributed by atoms with Crippen LogP contribution >= 0.6 is 0 Å². The van der Waals surface area contributed by atoms with Crippen molar-refractivity contribution >= 4 is 10.0 Å². The summed E-state index contributed by atoms with van der Waals surface area (Å²) < 4.78 is 47.6. The van der Waals surface area contributed by atoms with Crippen LogP contribution in [0.5, 0.6) is 5.75 Å². The summed E-state index contributed by atoms with van der Waals surface area (Å²) in [5.41, 5.74) is 0.185. The minimum absolute atomic E-state index is 0.0669. The van der Waals surface area contributed by atoms with E-state index in [1.54, 1.807) is 12.1 Å². The molecule has 1 aromatic rings. The van der Waals surface area contributed by atoms with Crippen molar-refractivity contribution in [2.75, 3.05) is 12.4 Å². The molecule has 2 aliphatic rings. The summed E-state index contributed by atoms with van der Waals surface area (Å²) in [6.07, 6.45) is 11.4. The lowest BCUT2D eigenvalue weighted by atomic mass is 10.1. The Hall–Kier alpha value is -1.40. The summed E-state index contributed by atoms with van der Waals surface area (Å²) >= 11 is 0. The zero-order valence-corrected chi connectivity index (χ0v) is 16.9. The van der Waals surface area contributed by atoms with E-state index in [4.69, 9.17) is 4.74 Å². The second-order valence-electron chi connectivity index (χ2n) is 7.78. The molecule has 0 amide bonds. The van der Waals surface area contributed by atoms with Gasteiger partial charge in [0.1, 0.15) is 0 Å². The SMILES string of the molecule is CC/C=C/CCS(=O)(=O)NC1(c2ccc(F)c(OCC3CCCC3)c2)CC1. The molecule has 0 atom stereocenters. The third kappa shape index (κ3) is 5.55. The maximum atomic E-state index is 14.2. The minimum atomic E-state index is -3.39. The van der Waals surface area contributed by atoms with Crippen molar-refractivity contribution in [2.45, 2.75) is 63.8 Å². The molecule has 2 fully saturated rings. The second-order valence-corrected chi connectivity index (χ2v) is 9.62. The van der Waals surface area contributed by atoms with Gasteiger partial charge in [-0.15, -0.1) is 0 Å². The van der Waals surface area contributed by atoms with E-state index in [9.17, 15) is 12.8 Å². The molecule has 0 unspecified atom stereocenters. The van der Waals surface area contributed by atoms with E-state index in [0.29, 0.717) is 18.9 Å². The van der Waals surface area contributed by atoms with E-state index < -0.39 is 15.6 Å². The first-order valence-electron chi connectivity index (χ1n) is 10.0. The zero-order valence-electron chi connectivity index (χ0n) is 16.0. The fraction of sp³-hybridized carbons (Fsp3) is 0.619. The van der Waals surface area contributed by atoms with Gasteiger partial charge >= 0.3 is 0 Å². The molecule has 0 aromatic heterocycles. The van der Waals surface area contributed by atoms with Crippen molar-refractivity contribution < 1.29 is 17.5 Å². The van der Waals surface area contributed by atoms with Crippen LogP contribution in [0, 0.1) is 11.7 Å². The number of allylic oxidation sites excluding steroid dienone is 2. The van der Waals surface area contributed by atoms with E-state index in [-0.39, 0.29) is 17.3 Å². The summed E-state index contributed by atoms with van der Waals surface area (Å²) in [6.45, 7) is 2.55. The molecule has 1 N–H and O–H groups in total. The van der Waals surface area contributed by atoms with Crippen LogP contribution in [0.15, 0.2) is 30.4 Å². The van der Waals surface area contributed by atoms with Crippen LogP contribution in [0.1, 0.15) is 63.9 Å². The first kappa shape index (κ1) is 20.3. The number of halogens is 1. The van der Waals surface area contributed by atoms with Crippen LogP contribution in [0.2, 0.25) is 0 Å². The maximum absolute atomic E-state index is 14.2. The predicted molar refractivity (Wildman–Crippen MR) is 106 cm³/mol. The summed E-state index contributed by atoms with van der Waals surface area (Å²) in [7, 11) is -3.39. The summed E-state index contributed by atoms with van der Waals surface area (Å²) in [5.74, 6) is 0.408. The van der Waals surface area contributed by atoms with E-state index >= 15 is 0 Å². The van der Waals surface area contributed by atoms with Crippen LogP contribution in [0.25, 0.3) is 0 Å². The smallest absolute Gasteiger partial charge is 0.212 e. The fourth-order valence-corrected chi connectivity index (χ4v) is 5.19. The number of hydrogen-bond acceptors (Lipinski definition) is 3. The Kier molecular flexibility index (Phi) is 6.58. The van der Waals surface area contributed by atoms with Gasteiger partial charge in [-0.25, -0.2) is 17.5 Å². The molecule has 2 aliphatic carbocycles. The van der Waals surface area contributed by atoms with Gasteiger partial charge in [0.05, 0.1) is 17.9 Å². The Morgan fingerprint density at radius 3 is 2.67 bits per heavy atom. The quantitative estimate of drug-likeness (QED) is 0.586. The van der Waals surface area contributed by atoms with Gasteiger partial charge < -0.3 is 4.74 Å². The van der Waals surface area contributed by atoms with Crippen molar-refractivity contribution in [2.24, 2.45) is 5.92 Å². The Morgan fingerprint density at radius 2 is 2.00 bits per heavy atom. The number of benzene rings is 1. The van der Waals surface area contributed by atoms with Gasteiger partial charge in [-0.05, 0) is 62.1 Å². The fourth-order valence-electron chi connectivity index (χ4n) is 3.73. The number of sulfonamides is 1. The van der Waals surface area contributed by atoms with Crippen molar-refractivity contribution in [3.05, 3.63) is 41.7 Å². The standard InChI is InChI=1S/C21H30FNO3S/c1-2-3-4-7-14-27(24,25)23-21(12-13-21)18-10-11-19(22)20(15-18)26-16-17-8-5-6-9-17/h3-4,10-11,15,17,23H,2,5-9,12-14,16H2,1H3/b4-3+. The number of ether oxygens (including phenoxy) is 1. The van der Waals surface area contributed by atoms with Gasteiger partial charge in [0.15, 0.2) is 11.6 Å². The molecule has 1 aromatic carbocycles. The highest BCUT2D eigenvalue weighted by Crippen LogP contribution is 2.47. The molecule has 3 rings (SSSR count). The first-order chi connectivity index (χ1) is 12.9. The van der Waals surface area contributed by atoms with Crippen molar-refractivity contribution in [3.8, 4) is 5.75 Å². The highest BCUT2D eigenvalue weighted by molar-refractivity contribution is 7.89. The highest BCUT2D eigenvalue weighted by Gasteiger charge is 2.47. The van der Waals surface area contributed by atoms with Crippen LogP contribution in [0.4, 0.5) is 4.39 Å². The monoisotopic (exact) mass is 395 g/mol. The van der Waals surface area contributed by atoms with E-state index in [1.165, 1.54) is 18.9 Å². The third-order valence-electron chi connectivity index (χ3n) is 5.49. The Morgan fingerprint density at radius 1 is 1.26 bits per heavy atom. The van der Waals surface area contributed by atoms with Gasteiger partial charge in [0.25, 0.3) is 0 Å². The molecule has 0 radical (unpaired) electrons. The lowest BCUT2D eigenvalue weighted by Crippen LogP contribution is -2.36. The van der Waals surface area contributed by atoms with E-state index in [0.717, 1.165) is 37.7 Å². The number of hydrogen-bond donors (Lipinski definition) is 1. The average Bonchev–Trinajstić information content (AvgIpc) is 3.20. The van der Waals surface area contributed by atoms with Crippen LogP contribution < -0.4 is 9.46 Å².